The zero-order valence-electron chi connectivity index (χ0n) is 11.8. The van der Waals surface area contributed by atoms with Gasteiger partial charge in [-0.25, -0.2) is 0 Å². The Morgan fingerprint density at radius 3 is 2.42 bits per heavy atom. The van der Waals surface area contributed by atoms with Gasteiger partial charge in [-0.15, -0.1) is 0 Å². The molecule has 0 spiro atoms. The first kappa shape index (κ1) is 15.7. The maximum Gasteiger partial charge on any atom is 0.220 e. The van der Waals surface area contributed by atoms with Gasteiger partial charge in [0.05, 0.1) is 6.61 Å². The number of benzene rings is 1. The molecular weight excluding hydrogens is 240 g/mol. The van der Waals surface area contributed by atoms with Crippen molar-refractivity contribution in [2.45, 2.75) is 45.9 Å². The summed E-state index contributed by atoms with van der Waals surface area (Å²) in [7, 11) is 0. The van der Waals surface area contributed by atoms with Crippen LogP contribution in [0.3, 0.4) is 0 Å². The normalized spacial score (nSPS) is 10.7. The second-order valence-electron chi connectivity index (χ2n) is 4.96. The van der Waals surface area contributed by atoms with Gasteiger partial charge in [0, 0.05) is 19.0 Å². The molecule has 0 heterocycles. The van der Waals surface area contributed by atoms with Gasteiger partial charge in [0.25, 0.3) is 0 Å². The highest BCUT2D eigenvalue weighted by molar-refractivity contribution is 5.75. The summed E-state index contributed by atoms with van der Waals surface area (Å²) in [4.78, 5) is 11.6. The lowest BCUT2D eigenvalue weighted by Crippen LogP contribution is -2.27. The Kier molecular flexibility index (Phi) is 7.15. The minimum atomic E-state index is 0.0511. The highest BCUT2D eigenvalue weighted by Crippen LogP contribution is 2.04. The van der Waals surface area contributed by atoms with Crippen LogP contribution in [0.5, 0.6) is 0 Å². The van der Waals surface area contributed by atoms with E-state index in [2.05, 4.69) is 24.5 Å². The number of aliphatic hydroxyl groups excluding tert-OH is 1. The van der Waals surface area contributed by atoms with Gasteiger partial charge in [-0.2, -0.15) is 0 Å². The number of rotatable bonds is 8. The van der Waals surface area contributed by atoms with Gasteiger partial charge in [0.15, 0.2) is 0 Å². The van der Waals surface area contributed by atoms with E-state index in [1.807, 2.05) is 24.3 Å². The molecule has 0 aliphatic carbocycles. The molecule has 1 amide bonds. The Balaban J connectivity index is 2.18. The van der Waals surface area contributed by atoms with Crippen molar-refractivity contribution in [3.05, 3.63) is 35.4 Å². The highest BCUT2D eigenvalue weighted by atomic mass is 16.3. The van der Waals surface area contributed by atoms with E-state index in [0.29, 0.717) is 19.0 Å². The number of aliphatic hydroxyl groups is 1. The summed E-state index contributed by atoms with van der Waals surface area (Å²) in [6.07, 6.45) is 1.40. The molecule has 0 fully saturated rings. The fourth-order valence-electron chi connectivity index (χ4n) is 1.69. The molecule has 1 aromatic rings. The summed E-state index contributed by atoms with van der Waals surface area (Å²) < 4.78 is 0. The van der Waals surface area contributed by atoms with Crippen molar-refractivity contribution in [2.75, 3.05) is 6.54 Å². The van der Waals surface area contributed by atoms with E-state index in [1.165, 1.54) is 0 Å². The van der Waals surface area contributed by atoms with Crippen LogP contribution in [-0.2, 0) is 17.9 Å². The molecule has 0 aromatic heterocycles. The van der Waals surface area contributed by atoms with Crippen molar-refractivity contribution in [3.8, 4) is 0 Å². The molecule has 4 nitrogen and oxygen atoms in total. The van der Waals surface area contributed by atoms with E-state index in [9.17, 15) is 4.79 Å². The lowest BCUT2D eigenvalue weighted by atomic mass is 10.1. The lowest BCUT2D eigenvalue weighted by molar-refractivity contribution is -0.121. The Morgan fingerprint density at radius 1 is 1.21 bits per heavy atom. The number of carbonyl (C=O) groups is 1. The van der Waals surface area contributed by atoms with E-state index < -0.39 is 0 Å². The van der Waals surface area contributed by atoms with Crippen LogP contribution in [0.15, 0.2) is 24.3 Å². The Labute approximate surface area is 115 Å². The third-order valence-electron chi connectivity index (χ3n) is 2.83. The predicted octanol–water partition coefficient (Wildman–Crippen LogP) is 1.57. The van der Waals surface area contributed by atoms with Gasteiger partial charge in [-0.3, -0.25) is 4.79 Å². The molecule has 0 aliphatic rings. The predicted molar refractivity (Wildman–Crippen MR) is 76.6 cm³/mol. The van der Waals surface area contributed by atoms with Gasteiger partial charge >= 0.3 is 0 Å². The lowest BCUT2D eigenvalue weighted by Gasteiger charge is -2.08. The number of amides is 1. The number of hydrogen-bond acceptors (Lipinski definition) is 3. The summed E-state index contributed by atoms with van der Waals surface area (Å²) >= 11 is 0. The van der Waals surface area contributed by atoms with Crippen LogP contribution >= 0.6 is 0 Å². The molecule has 4 heteroatoms. The maximum absolute atomic E-state index is 11.6. The molecule has 0 bridgehead atoms. The van der Waals surface area contributed by atoms with Gasteiger partial charge in [0.2, 0.25) is 5.91 Å². The fourth-order valence-corrected chi connectivity index (χ4v) is 1.69. The first-order chi connectivity index (χ1) is 9.11. The van der Waals surface area contributed by atoms with Crippen molar-refractivity contribution < 1.29 is 9.90 Å². The Morgan fingerprint density at radius 2 is 1.84 bits per heavy atom. The van der Waals surface area contributed by atoms with Crippen molar-refractivity contribution in [2.24, 2.45) is 0 Å². The molecule has 0 saturated carbocycles. The van der Waals surface area contributed by atoms with Gasteiger partial charge < -0.3 is 15.7 Å². The molecule has 0 saturated heterocycles. The molecular formula is C15H24N2O2. The van der Waals surface area contributed by atoms with Gasteiger partial charge in [0.1, 0.15) is 0 Å². The second kappa shape index (κ2) is 8.67. The molecule has 0 aliphatic heterocycles. The van der Waals surface area contributed by atoms with Crippen molar-refractivity contribution in [3.63, 3.8) is 0 Å². The van der Waals surface area contributed by atoms with E-state index >= 15 is 0 Å². The van der Waals surface area contributed by atoms with E-state index in [-0.39, 0.29) is 12.5 Å². The van der Waals surface area contributed by atoms with Crippen molar-refractivity contribution >= 4 is 5.91 Å². The van der Waals surface area contributed by atoms with Crippen LogP contribution in [0, 0.1) is 0 Å². The topological polar surface area (TPSA) is 61.4 Å². The average molecular weight is 264 g/mol. The van der Waals surface area contributed by atoms with Crippen LogP contribution < -0.4 is 10.6 Å². The van der Waals surface area contributed by atoms with Crippen LogP contribution in [0.4, 0.5) is 0 Å². The Bertz CT molecular complexity index is 374. The largest absolute Gasteiger partial charge is 0.392 e. The van der Waals surface area contributed by atoms with Crippen LogP contribution in [0.2, 0.25) is 0 Å². The first-order valence-electron chi connectivity index (χ1n) is 6.80. The van der Waals surface area contributed by atoms with Gasteiger partial charge in [-0.1, -0.05) is 38.1 Å². The van der Waals surface area contributed by atoms with E-state index in [1.54, 1.807) is 0 Å². The second-order valence-corrected chi connectivity index (χ2v) is 4.96. The summed E-state index contributed by atoms with van der Waals surface area (Å²) in [5.41, 5.74) is 1.93. The monoisotopic (exact) mass is 264 g/mol. The zero-order chi connectivity index (χ0) is 14.1. The summed E-state index contributed by atoms with van der Waals surface area (Å²) in [6, 6.07) is 8.05. The van der Waals surface area contributed by atoms with Gasteiger partial charge in [-0.05, 0) is 24.1 Å². The molecule has 0 unspecified atom stereocenters. The van der Waals surface area contributed by atoms with Crippen molar-refractivity contribution in [1.82, 2.24) is 10.6 Å². The number of nitrogens with one attached hydrogen (secondary N) is 2. The minimum absolute atomic E-state index is 0.0511. The summed E-state index contributed by atoms with van der Waals surface area (Å²) in [5, 5.41) is 15.1. The third kappa shape index (κ3) is 6.94. The quantitative estimate of drug-likeness (QED) is 0.625. The SMILES string of the molecule is CC(C)NCCCC(=O)NCc1ccc(CO)cc1. The van der Waals surface area contributed by atoms with Crippen LogP contribution in [0.1, 0.15) is 37.8 Å². The maximum atomic E-state index is 11.6. The minimum Gasteiger partial charge on any atom is -0.392 e. The molecule has 19 heavy (non-hydrogen) atoms. The molecule has 1 aromatic carbocycles. The fraction of sp³-hybridized carbons (Fsp3) is 0.533. The number of hydrogen-bond donors (Lipinski definition) is 3. The van der Waals surface area contributed by atoms with Crippen LogP contribution in [-0.4, -0.2) is 23.6 Å². The zero-order valence-corrected chi connectivity index (χ0v) is 11.8. The molecule has 0 atom stereocenters. The summed E-state index contributed by atoms with van der Waals surface area (Å²) in [6.45, 7) is 5.65. The third-order valence-corrected chi connectivity index (χ3v) is 2.83. The first-order valence-corrected chi connectivity index (χ1v) is 6.80. The summed E-state index contributed by atoms with van der Waals surface area (Å²) in [5.74, 6) is 0.0804. The average Bonchev–Trinajstić information content (AvgIpc) is 2.41. The van der Waals surface area contributed by atoms with E-state index in [4.69, 9.17) is 5.11 Å². The highest BCUT2D eigenvalue weighted by Gasteiger charge is 2.01. The van der Waals surface area contributed by atoms with Crippen LogP contribution in [0.25, 0.3) is 0 Å². The van der Waals surface area contributed by atoms with Crippen molar-refractivity contribution in [1.29, 1.82) is 0 Å². The standard InChI is InChI=1S/C15H24N2O2/c1-12(2)16-9-3-4-15(19)17-10-13-5-7-14(11-18)8-6-13/h5-8,12,16,18H,3-4,9-11H2,1-2H3,(H,17,19). The molecule has 0 radical (unpaired) electrons. The molecule has 3 N–H and O–H groups in total. The molecule has 106 valence electrons. The van der Waals surface area contributed by atoms with E-state index in [0.717, 1.165) is 24.1 Å². The Hall–Kier alpha value is -1.39. The molecule has 1 rings (SSSR count). The number of carbonyl (C=O) groups excluding carboxylic acids is 1. The smallest absolute Gasteiger partial charge is 0.220 e.